The highest BCUT2D eigenvalue weighted by Crippen LogP contribution is 2.38. The minimum Gasteiger partial charge on any atom is -0.340 e. The predicted octanol–water partition coefficient (Wildman–Crippen LogP) is 2.37. The van der Waals surface area contributed by atoms with Crippen LogP contribution in [0.3, 0.4) is 0 Å². The second-order valence-corrected chi connectivity index (χ2v) is 4.99. The Morgan fingerprint density at radius 3 is 2.33 bits per heavy atom. The third kappa shape index (κ3) is 1.69. The topological polar surface area (TPSA) is 29.0 Å². The zero-order valence-electron chi connectivity index (χ0n) is 8.56. The van der Waals surface area contributed by atoms with E-state index in [2.05, 4.69) is 14.9 Å². The SMILES string of the molecule is Clc1cnc(N2CC3CCCC3C2)nc1. The third-order valence-corrected chi connectivity index (χ3v) is 3.81. The van der Waals surface area contributed by atoms with Crippen LogP contribution < -0.4 is 4.90 Å². The molecule has 0 N–H and O–H groups in total. The largest absolute Gasteiger partial charge is 0.340 e. The molecule has 2 unspecified atom stereocenters. The molecule has 0 aromatic carbocycles. The molecule has 1 aliphatic carbocycles. The predicted molar refractivity (Wildman–Crippen MR) is 60.1 cm³/mol. The molecule has 1 aromatic rings. The van der Waals surface area contributed by atoms with Crippen LogP contribution in [0.4, 0.5) is 5.95 Å². The smallest absolute Gasteiger partial charge is 0.225 e. The molecular formula is C11H14ClN3. The maximum atomic E-state index is 5.77. The molecule has 15 heavy (non-hydrogen) atoms. The van der Waals surface area contributed by atoms with Crippen LogP contribution in [0.1, 0.15) is 19.3 Å². The summed E-state index contributed by atoms with van der Waals surface area (Å²) in [7, 11) is 0. The molecule has 1 aliphatic heterocycles. The highest BCUT2D eigenvalue weighted by molar-refractivity contribution is 6.30. The summed E-state index contributed by atoms with van der Waals surface area (Å²) in [6.07, 6.45) is 7.53. The average Bonchev–Trinajstić information content (AvgIpc) is 2.78. The lowest BCUT2D eigenvalue weighted by Gasteiger charge is -2.16. The Balaban J connectivity index is 1.76. The lowest BCUT2D eigenvalue weighted by molar-refractivity contribution is 0.494. The van der Waals surface area contributed by atoms with E-state index in [-0.39, 0.29) is 0 Å². The van der Waals surface area contributed by atoms with Crippen LogP contribution in [-0.2, 0) is 0 Å². The molecule has 0 radical (unpaired) electrons. The van der Waals surface area contributed by atoms with Gasteiger partial charge >= 0.3 is 0 Å². The molecule has 1 saturated carbocycles. The molecule has 2 heterocycles. The zero-order valence-corrected chi connectivity index (χ0v) is 9.32. The van der Waals surface area contributed by atoms with E-state index in [9.17, 15) is 0 Å². The van der Waals surface area contributed by atoms with Gasteiger partial charge in [-0.15, -0.1) is 0 Å². The second-order valence-electron chi connectivity index (χ2n) is 4.56. The van der Waals surface area contributed by atoms with Crippen molar-refractivity contribution >= 4 is 17.5 Å². The Labute approximate surface area is 94.5 Å². The van der Waals surface area contributed by atoms with Crippen molar-refractivity contribution < 1.29 is 0 Å². The lowest BCUT2D eigenvalue weighted by Crippen LogP contribution is -2.22. The summed E-state index contributed by atoms with van der Waals surface area (Å²) in [6.45, 7) is 2.26. The Hall–Kier alpha value is -0.830. The zero-order chi connectivity index (χ0) is 10.3. The van der Waals surface area contributed by atoms with Gasteiger partial charge in [-0.05, 0) is 24.7 Å². The maximum absolute atomic E-state index is 5.77. The highest BCUT2D eigenvalue weighted by atomic mass is 35.5. The summed E-state index contributed by atoms with van der Waals surface area (Å²) < 4.78 is 0. The molecular weight excluding hydrogens is 210 g/mol. The second kappa shape index (κ2) is 3.63. The molecule has 0 spiro atoms. The van der Waals surface area contributed by atoms with Gasteiger partial charge in [-0.2, -0.15) is 0 Å². The van der Waals surface area contributed by atoms with Gasteiger partial charge in [0.2, 0.25) is 5.95 Å². The van der Waals surface area contributed by atoms with Crippen molar-refractivity contribution in [3.8, 4) is 0 Å². The van der Waals surface area contributed by atoms with Gasteiger partial charge in [0.1, 0.15) is 0 Å². The van der Waals surface area contributed by atoms with E-state index in [1.54, 1.807) is 12.4 Å². The van der Waals surface area contributed by atoms with Crippen molar-refractivity contribution in [2.75, 3.05) is 18.0 Å². The number of halogens is 1. The molecule has 3 rings (SSSR count). The van der Waals surface area contributed by atoms with Crippen molar-refractivity contribution in [1.82, 2.24) is 9.97 Å². The Kier molecular flexibility index (Phi) is 2.28. The van der Waals surface area contributed by atoms with Gasteiger partial charge < -0.3 is 4.90 Å². The monoisotopic (exact) mass is 223 g/mol. The number of hydrogen-bond donors (Lipinski definition) is 0. The first-order chi connectivity index (χ1) is 7.33. The van der Waals surface area contributed by atoms with Crippen LogP contribution in [0.25, 0.3) is 0 Å². The molecule has 3 nitrogen and oxygen atoms in total. The van der Waals surface area contributed by atoms with Crippen molar-refractivity contribution in [3.05, 3.63) is 17.4 Å². The van der Waals surface area contributed by atoms with Gasteiger partial charge in [0.25, 0.3) is 0 Å². The highest BCUT2D eigenvalue weighted by Gasteiger charge is 2.36. The number of rotatable bonds is 1. The number of aromatic nitrogens is 2. The lowest BCUT2D eigenvalue weighted by atomic mass is 10.0. The number of hydrogen-bond acceptors (Lipinski definition) is 3. The fourth-order valence-corrected chi connectivity index (χ4v) is 2.96. The van der Waals surface area contributed by atoms with Gasteiger partial charge in [-0.1, -0.05) is 18.0 Å². The Bertz CT molecular complexity index is 339. The molecule has 0 bridgehead atoms. The summed E-state index contributed by atoms with van der Waals surface area (Å²) in [5.74, 6) is 2.60. The first kappa shape index (κ1) is 9.40. The van der Waals surface area contributed by atoms with Crippen LogP contribution in [0.2, 0.25) is 5.02 Å². The fourth-order valence-electron chi connectivity index (χ4n) is 2.87. The summed E-state index contributed by atoms with van der Waals surface area (Å²) in [5.41, 5.74) is 0. The van der Waals surface area contributed by atoms with E-state index in [0.717, 1.165) is 30.9 Å². The van der Waals surface area contributed by atoms with E-state index >= 15 is 0 Å². The molecule has 1 aromatic heterocycles. The summed E-state index contributed by atoms with van der Waals surface area (Å²) >= 11 is 5.77. The normalized spacial score (nSPS) is 29.5. The van der Waals surface area contributed by atoms with Gasteiger partial charge in [-0.3, -0.25) is 0 Å². The maximum Gasteiger partial charge on any atom is 0.225 e. The molecule has 4 heteroatoms. The average molecular weight is 224 g/mol. The van der Waals surface area contributed by atoms with Crippen LogP contribution in [-0.4, -0.2) is 23.1 Å². The van der Waals surface area contributed by atoms with E-state index in [1.807, 2.05) is 0 Å². The first-order valence-electron chi connectivity index (χ1n) is 5.55. The van der Waals surface area contributed by atoms with Gasteiger partial charge in [0.15, 0.2) is 0 Å². The van der Waals surface area contributed by atoms with Gasteiger partial charge in [0, 0.05) is 13.1 Å². The van der Waals surface area contributed by atoms with Crippen LogP contribution in [0.15, 0.2) is 12.4 Å². The summed E-state index contributed by atoms with van der Waals surface area (Å²) in [4.78, 5) is 10.8. The van der Waals surface area contributed by atoms with Crippen LogP contribution in [0, 0.1) is 11.8 Å². The van der Waals surface area contributed by atoms with Crippen molar-refractivity contribution in [2.24, 2.45) is 11.8 Å². The minimum atomic E-state index is 0.609. The molecule has 80 valence electrons. The number of nitrogens with zero attached hydrogens (tertiary/aromatic N) is 3. The standard InChI is InChI=1S/C11H14ClN3/c12-10-4-13-11(14-5-10)15-6-8-2-1-3-9(8)7-15/h4-5,8-9H,1-3,6-7H2. The molecule has 2 aliphatic rings. The molecule has 2 atom stereocenters. The summed E-state index contributed by atoms with van der Waals surface area (Å²) in [6, 6.07) is 0. The van der Waals surface area contributed by atoms with E-state index in [1.165, 1.54) is 19.3 Å². The van der Waals surface area contributed by atoms with Gasteiger partial charge in [-0.25, -0.2) is 9.97 Å². The number of fused-ring (bicyclic) bond motifs is 1. The van der Waals surface area contributed by atoms with E-state index in [0.29, 0.717) is 5.02 Å². The quantitative estimate of drug-likeness (QED) is 0.732. The Morgan fingerprint density at radius 2 is 1.73 bits per heavy atom. The van der Waals surface area contributed by atoms with E-state index < -0.39 is 0 Å². The fraction of sp³-hybridized carbons (Fsp3) is 0.636. The molecule has 2 fully saturated rings. The van der Waals surface area contributed by atoms with Crippen molar-refractivity contribution in [3.63, 3.8) is 0 Å². The number of anilines is 1. The first-order valence-corrected chi connectivity index (χ1v) is 5.93. The van der Waals surface area contributed by atoms with E-state index in [4.69, 9.17) is 11.6 Å². The van der Waals surface area contributed by atoms with Crippen molar-refractivity contribution in [1.29, 1.82) is 0 Å². The summed E-state index contributed by atoms with van der Waals surface area (Å²) in [5, 5.41) is 0.609. The van der Waals surface area contributed by atoms with Crippen molar-refractivity contribution in [2.45, 2.75) is 19.3 Å². The minimum absolute atomic E-state index is 0.609. The van der Waals surface area contributed by atoms with Crippen LogP contribution in [0.5, 0.6) is 0 Å². The Morgan fingerprint density at radius 1 is 1.13 bits per heavy atom. The van der Waals surface area contributed by atoms with Gasteiger partial charge in [0.05, 0.1) is 17.4 Å². The van der Waals surface area contributed by atoms with Crippen LogP contribution >= 0.6 is 11.6 Å². The third-order valence-electron chi connectivity index (χ3n) is 3.62. The molecule has 1 saturated heterocycles. The molecule has 0 amide bonds.